The van der Waals surface area contributed by atoms with Crippen molar-refractivity contribution in [2.45, 2.75) is 19.3 Å². The minimum Gasteiger partial charge on any atom is -0.326 e. The molecule has 0 aliphatic heterocycles. The molecule has 0 bridgehead atoms. The van der Waals surface area contributed by atoms with Crippen LogP contribution in [-0.4, -0.2) is 20.7 Å². The number of hydrogen-bond donors (Lipinski definition) is 1. The van der Waals surface area contributed by atoms with Crippen molar-refractivity contribution in [1.82, 2.24) is 14.8 Å². The quantitative estimate of drug-likeness (QED) is 0.916. The number of carbonyl (C=O) groups excluding carboxylic acids is 1. The number of amides is 1. The fraction of sp³-hybridized carbons (Fsp3) is 0.357. The number of rotatable bonds is 3. The van der Waals surface area contributed by atoms with Gasteiger partial charge in [0.25, 0.3) is 0 Å². The molecule has 1 aliphatic rings. The molecule has 1 aromatic carbocycles. The van der Waals surface area contributed by atoms with Crippen LogP contribution in [0.2, 0.25) is 0 Å². The molecular formula is C14H16N4O. The van der Waals surface area contributed by atoms with Crippen LogP contribution in [0.4, 0.5) is 5.69 Å². The van der Waals surface area contributed by atoms with E-state index in [0.717, 1.165) is 36.3 Å². The Bertz CT molecular complexity index is 601. The molecule has 1 saturated carbocycles. The monoisotopic (exact) mass is 256 g/mol. The van der Waals surface area contributed by atoms with Crippen LogP contribution in [0.5, 0.6) is 0 Å². The van der Waals surface area contributed by atoms with Crippen molar-refractivity contribution in [3.8, 4) is 11.4 Å². The van der Waals surface area contributed by atoms with Crippen LogP contribution in [0, 0.1) is 5.92 Å². The molecule has 1 fully saturated rings. The van der Waals surface area contributed by atoms with Gasteiger partial charge in [0.2, 0.25) is 5.91 Å². The Kier molecular flexibility index (Phi) is 3.03. The molecule has 1 heterocycles. The Labute approximate surface area is 111 Å². The SMILES string of the molecule is Cn1cnnc1-c1cccc(NC(=O)C2CCC2)c1. The summed E-state index contributed by atoms with van der Waals surface area (Å²) in [5, 5.41) is 10.9. The van der Waals surface area contributed by atoms with E-state index in [1.165, 1.54) is 0 Å². The smallest absolute Gasteiger partial charge is 0.227 e. The summed E-state index contributed by atoms with van der Waals surface area (Å²) in [6, 6.07) is 7.71. The Hall–Kier alpha value is -2.17. The summed E-state index contributed by atoms with van der Waals surface area (Å²) in [5.41, 5.74) is 1.77. The van der Waals surface area contributed by atoms with E-state index in [9.17, 15) is 4.79 Å². The average Bonchev–Trinajstić information content (AvgIpc) is 2.73. The second-order valence-corrected chi connectivity index (χ2v) is 4.96. The van der Waals surface area contributed by atoms with Crippen LogP contribution in [-0.2, 0) is 11.8 Å². The molecule has 3 rings (SSSR count). The second-order valence-electron chi connectivity index (χ2n) is 4.96. The number of nitrogens with zero attached hydrogens (tertiary/aromatic N) is 3. The number of nitrogens with one attached hydrogen (secondary N) is 1. The van der Waals surface area contributed by atoms with E-state index in [4.69, 9.17) is 0 Å². The first-order valence-corrected chi connectivity index (χ1v) is 6.49. The molecule has 1 amide bonds. The lowest BCUT2D eigenvalue weighted by molar-refractivity contribution is -0.122. The molecule has 0 atom stereocenters. The third kappa shape index (κ3) is 2.36. The number of benzene rings is 1. The van der Waals surface area contributed by atoms with E-state index in [1.54, 1.807) is 6.33 Å². The number of aromatic nitrogens is 3. The van der Waals surface area contributed by atoms with E-state index in [-0.39, 0.29) is 11.8 Å². The summed E-state index contributed by atoms with van der Waals surface area (Å²) in [6.45, 7) is 0. The van der Waals surface area contributed by atoms with E-state index >= 15 is 0 Å². The number of carbonyl (C=O) groups is 1. The van der Waals surface area contributed by atoms with E-state index in [0.29, 0.717) is 0 Å². The third-order valence-electron chi connectivity index (χ3n) is 3.58. The predicted octanol–water partition coefficient (Wildman–Crippen LogP) is 2.22. The van der Waals surface area contributed by atoms with Crippen LogP contribution >= 0.6 is 0 Å². The van der Waals surface area contributed by atoms with E-state index < -0.39 is 0 Å². The van der Waals surface area contributed by atoms with E-state index in [2.05, 4.69) is 15.5 Å². The summed E-state index contributed by atoms with van der Waals surface area (Å²) < 4.78 is 1.85. The average molecular weight is 256 g/mol. The molecule has 0 saturated heterocycles. The molecule has 0 spiro atoms. The minimum atomic E-state index is 0.126. The maximum atomic E-state index is 11.9. The largest absolute Gasteiger partial charge is 0.326 e. The molecule has 5 nitrogen and oxygen atoms in total. The van der Waals surface area contributed by atoms with Gasteiger partial charge in [0.1, 0.15) is 6.33 Å². The maximum absolute atomic E-state index is 11.9. The lowest BCUT2D eigenvalue weighted by Gasteiger charge is -2.24. The number of hydrogen-bond acceptors (Lipinski definition) is 3. The molecule has 1 aliphatic carbocycles. The first kappa shape index (κ1) is 11.9. The van der Waals surface area contributed by atoms with Gasteiger partial charge in [0.05, 0.1) is 0 Å². The Morgan fingerprint density at radius 2 is 2.26 bits per heavy atom. The summed E-state index contributed by atoms with van der Waals surface area (Å²) in [5.74, 6) is 1.11. The fourth-order valence-corrected chi connectivity index (χ4v) is 2.20. The highest BCUT2D eigenvalue weighted by Crippen LogP contribution is 2.28. The van der Waals surface area contributed by atoms with Crippen molar-refractivity contribution >= 4 is 11.6 Å². The van der Waals surface area contributed by atoms with Gasteiger partial charge in [-0.3, -0.25) is 4.79 Å². The zero-order valence-electron chi connectivity index (χ0n) is 10.8. The summed E-state index contributed by atoms with van der Waals surface area (Å²) >= 11 is 0. The first-order chi connectivity index (χ1) is 9.24. The molecule has 5 heteroatoms. The van der Waals surface area contributed by atoms with Crippen molar-refractivity contribution in [3.63, 3.8) is 0 Å². The summed E-state index contributed by atoms with van der Waals surface area (Å²) in [7, 11) is 1.90. The normalized spacial score (nSPS) is 15.0. The topological polar surface area (TPSA) is 59.8 Å². The zero-order chi connectivity index (χ0) is 13.2. The lowest BCUT2D eigenvalue weighted by Crippen LogP contribution is -2.27. The van der Waals surface area contributed by atoms with Crippen molar-refractivity contribution in [3.05, 3.63) is 30.6 Å². The fourth-order valence-electron chi connectivity index (χ4n) is 2.20. The Morgan fingerprint density at radius 3 is 2.89 bits per heavy atom. The van der Waals surface area contributed by atoms with Crippen LogP contribution in [0.15, 0.2) is 30.6 Å². The van der Waals surface area contributed by atoms with Crippen molar-refractivity contribution < 1.29 is 4.79 Å². The predicted molar refractivity (Wildman–Crippen MR) is 72.4 cm³/mol. The van der Waals surface area contributed by atoms with E-state index in [1.807, 2.05) is 35.9 Å². The molecule has 1 aromatic heterocycles. The number of anilines is 1. The first-order valence-electron chi connectivity index (χ1n) is 6.49. The van der Waals surface area contributed by atoms with Gasteiger partial charge in [-0.2, -0.15) is 0 Å². The van der Waals surface area contributed by atoms with Gasteiger partial charge in [-0.1, -0.05) is 18.6 Å². The third-order valence-corrected chi connectivity index (χ3v) is 3.58. The van der Waals surface area contributed by atoms with Gasteiger partial charge in [-0.05, 0) is 25.0 Å². The van der Waals surface area contributed by atoms with Crippen LogP contribution in [0.25, 0.3) is 11.4 Å². The van der Waals surface area contributed by atoms with Gasteiger partial charge in [-0.25, -0.2) is 0 Å². The van der Waals surface area contributed by atoms with Crippen molar-refractivity contribution in [1.29, 1.82) is 0 Å². The highest BCUT2D eigenvalue weighted by atomic mass is 16.1. The van der Waals surface area contributed by atoms with Crippen molar-refractivity contribution in [2.24, 2.45) is 13.0 Å². The highest BCUT2D eigenvalue weighted by Gasteiger charge is 2.25. The van der Waals surface area contributed by atoms with Gasteiger partial charge < -0.3 is 9.88 Å². The van der Waals surface area contributed by atoms with Gasteiger partial charge in [-0.15, -0.1) is 10.2 Å². The van der Waals surface area contributed by atoms with Gasteiger partial charge >= 0.3 is 0 Å². The number of aryl methyl sites for hydroxylation is 1. The van der Waals surface area contributed by atoms with Crippen LogP contribution < -0.4 is 5.32 Å². The molecule has 98 valence electrons. The lowest BCUT2D eigenvalue weighted by atomic mass is 9.85. The summed E-state index contributed by atoms with van der Waals surface area (Å²) in [4.78, 5) is 11.9. The van der Waals surface area contributed by atoms with Crippen LogP contribution in [0.1, 0.15) is 19.3 Å². The maximum Gasteiger partial charge on any atom is 0.227 e. The molecular weight excluding hydrogens is 240 g/mol. The molecule has 19 heavy (non-hydrogen) atoms. The highest BCUT2D eigenvalue weighted by molar-refractivity contribution is 5.93. The second kappa shape index (κ2) is 4.84. The zero-order valence-corrected chi connectivity index (χ0v) is 10.8. The molecule has 1 N–H and O–H groups in total. The van der Waals surface area contributed by atoms with Gasteiger partial charge in [0, 0.05) is 24.2 Å². The molecule has 0 unspecified atom stereocenters. The van der Waals surface area contributed by atoms with Crippen molar-refractivity contribution in [2.75, 3.05) is 5.32 Å². The van der Waals surface area contributed by atoms with Gasteiger partial charge in [0.15, 0.2) is 5.82 Å². The Balaban J connectivity index is 1.80. The minimum absolute atomic E-state index is 0.126. The Morgan fingerprint density at radius 1 is 1.42 bits per heavy atom. The van der Waals surface area contributed by atoms with Crippen LogP contribution in [0.3, 0.4) is 0 Å². The molecule has 0 radical (unpaired) electrons. The summed E-state index contributed by atoms with van der Waals surface area (Å²) in [6.07, 6.45) is 4.84. The standard InChI is InChI=1S/C14H16N4O/c1-18-9-15-17-13(18)11-6-3-7-12(8-11)16-14(19)10-4-2-5-10/h3,6-10H,2,4-5H2,1H3,(H,16,19). The molecule has 2 aromatic rings.